The van der Waals surface area contributed by atoms with Crippen LogP contribution in [0.1, 0.15) is 58.8 Å². The predicted octanol–water partition coefficient (Wildman–Crippen LogP) is 2.22. The van der Waals surface area contributed by atoms with Crippen LogP contribution < -0.4 is 5.73 Å². The van der Waals surface area contributed by atoms with Crippen LogP contribution in [-0.4, -0.2) is 40.6 Å². The van der Waals surface area contributed by atoms with E-state index in [0.717, 1.165) is 19.5 Å². The van der Waals surface area contributed by atoms with Gasteiger partial charge in [0, 0.05) is 6.04 Å². The second-order valence-corrected chi connectivity index (χ2v) is 5.51. The molecule has 1 rings (SSSR count). The topological polar surface area (TPSA) is 66.6 Å². The zero-order chi connectivity index (χ0) is 13.6. The molecule has 106 valence electrons. The van der Waals surface area contributed by atoms with Crippen LogP contribution in [0.3, 0.4) is 0 Å². The quantitative estimate of drug-likeness (QED) is 0.733. The molecule has 0 amide bonds. The molecule has 1 saturated heterocycles. The first-order chi connectivity index (χ1) is 8.53. The fraction of sp³-hybridized carbons (Fsp3) is 0.929. The molecule has 0 aromatic rings. The van der Waals surface area contributed by atoms with Gasteiger partial charge in [0.2, 0.25) is 0 Å². The van der Waals surface area contributed by atoms with Gasteiger partial charge in [0.15, 0.2) is 0 Å². The molecule has 0 spiro atoms. The molecule has 0 aromatic heterocycles. The summed E-state index contributed by atoms with van der Waals surface area (Å²) < 4.78 is 0. The van der Waals surface area contributed by atoms with Gasteiger partial charge in [-0.25, -0.2) is 0 Å². The number of rotatable bonds is 7. The molecule has 1 heterocycles. The highest BCUT2D eigenvalue weighted by Crippen LogP contribution is 2.21. The van der Waals surface area contributed by atoms with Gasteiger partial charge in [0.25, 0.3) is 0 Å². The molecule has 0 saturated carbocycles. The van der Waals surface area contributed by atoms with Gasteiger partial charge in [0.1, 0.15) is 5.54 Å². The Morgan fingerprint density at radius 2 is 2.17 bits per heavy atom. The van der Waals surface area contributed by atoms with Crippen LogP contribution in [0.2, 0.25) is 0 Å². The first kappa shape index (κ1) is 15.4. The number of nitrogens with two attached hydrogens (primary N) is 1. The minimum atomic E-state index is -1.03. The Hall–Kier alpha value is -0.610. The minimum absolute atomic E-state index is 0.500. The summed E-state index contributed by atoms with van der Waals surface area (Å²) in [6.45, 7) is 6.24. The number of carboxylic acid groups (broad SMARTS) is 1. The van der Waals surface area contributed by atoms with Crippen LogP contribution in [0.5, 0.6) is 0 Å². The summed E-state index contributed by atoms with van der Waals surface area (Å²) in [5.41, 5.74) is 4.87. The first-order valence-electron chi connectivity index (χ1n) is 7.29. The lowest BCUT2D eigenvalue weighted by Crippen LogP contribution is -2.48. The van der Waals surface area contributed by atoms with Gasteiger partial charge in [-0.05, 0) is 51.6 Å². The van der Waals surface area contributed by atoms with Gasteiger partial charge in [-0.2, -0.15) is 0 Å². The highest BCUT2D eigenvalue weighted by Gasteiger charge is 2.31. The summed E-state index contributed by atoms with van der Waals surface area (Å²) >= 11 is 0. The molecule has 18 heavy (non-hydrogen) atoms. The summed E-state index contributed by atoms with van der Waals surface area (Å²) in [6.07, 6.45) is 7.05. The molecule has 2 atom stereocenters. The Balaban J connectivity index is 2.38. The maximum absolute atomic E-state index is 11.1. The standard InChI is InChI=1S/C14H28N2O2/c1-3-12-8-5-6-10-16(12)11-7-9-14(15,4-2)13(17)18/h12H,3-11,15H2,1-2H3,(H,17,18). The molecular weight excluding hydrogens is 228 g/mol. The van der Waals surface area contributed by atoms with Crippen molar-refractivity contribution in [1.82, 2.24) is 4.90 Å². The van der Waals surface area contributed by atoms with Crippen molar-refractivity contribution < 1.29 is 9.90 Å². The Morgan fingerprint density at radius 3 is 2.72 bits per heavy atom. The molecule has 0 bridgehead atoms. The summed E-state index contributed by atoms with van der Waals surface area (Å²) in [4.78, 5) is 13.6. The Labute approximate surface area is 111 Å². The number of aliphatic carboxylic acids is 1. The number of nitrogens with zero attached hydrogens (tertiary/aromatic N) is 1. The first-order valence-corrected chi connectivity index (χ1v) is 7.29. The van der Waals surface area contributed by atoms with E-state index >= 15 is 0 Å². The number of hydrogen-bond acceptors (Lipinski definition) is 3. The second-order valence-electron chi connectivity index (χ2n) is 5.51. The van der Waals surface area contributed by atoms with Crippen molar-refractivity contribution in [1.29, 1.82) is 0 Å². The molecular formula is C14H28N2O2. The zero-order valence-electron chi connectivity index (χ0n) is 11.8. The van der Waals surface area contributed by atoms with Crippen molar-refractivity contribution in [2.24, 2.45) is 5.73 Å². The predicted molar refractivity (Wildman–Crippen MR) is 73.6 cm³/mol. The molecule has 1 fully saturated rings. The van der Waals surface area contributed by atoms with Crippen LogP contribution in [0.15, 0.2) is 0 Å². The van der Waals surface area contributed by atoms with Gasteiger partial charge in [-0.15, -0.1) is 0 Å². The van der Waals surface area contributed by atoms with Crippen molar-refractivity contribution in [3.05, 3.63) is 0 Å². The van der Waals surface area contributed by atoms with Crippen LogP contribution in [-0.2, 0) is 4.79 Å². The normalized spacial score (nSPS) is 24.7. The fourth-order valence-corrected chi connectivity index (χ4v) is 2.85. The van der Waals surface area contributed by atoms with E-state index in [9.17, 15) is 4.79 Å². The third-order valence-corrected chi connectivity index (χ3v) is 4.35. The number of carboxylic acids is 1. The molecule has 2 unspecified atom stereocenters. The number of piperidine rings is 1. The molecule has 4 heteroatoms. The van der Waals surface area contributed by atoms with E-state index in [1.807, 2.05) is 6.92 Å². The van der Waals surface area contributed by atoms with Crippen LogP contribution in [0.25, 0.3) is 0 Å². The molecule has 0 aromatic carbocycles. The molecule has 1 aliphatic heterocycles. The molecule has 4 nitrogen and oxygen atoms in total. The van der Waals surface area contributed by atoms with Gasteiger partial charge in [-0.3, -0.25) is 4.79 Å². The highest BCUT2D eigenvalue weighted by atomic mass is 16.4. The molecule has 0 aliphatic carbocycles. The highest BCUT2D eigenvalue weighted by molar-refractivity contribution is 5.78. The summed E-state index contributed by atoms with van der Waals surface area (Å²) in [5.74, 6) is -0.865. The summed E-state index contributed by atoms with van der Waals surface area (Å²) in [5, 5.41) is 9.13. The maximum Gasteiger partial charge on any atom is 0.323 e. The Kier molecular flexibility index (Phi) is 6.09. The van der Waals surface area contributed by atoms with Gasteiger partial charge < -0.3 is 15.7 Å². The maximum atomic E-state index is 11.1. The third kappa shape index (κ3) is 3.95. The van der Waals surface area contributed by atoms with Crippen LogP contribution in [0, 0.1) is 0 Å². The van der Waals surface area contributed by atoms with E-state index < -0.39 is 11.5 Å². The lowest BCUT2D eigenvalue weighted by molar-refractivity contribution is -0.143. The minimum Gasteiger partial charge on any atom is -0.480 e. The van der Waals surface area contributed by atoms with E-state index in [-0.39, 0.29) is 0 Å². The SMILES string of the molecule is CCC1CCCCN1CCCC(N)(CC)C(=O)O. The fourth-order valence-electron chi connectivity index (χ4n) is 2.85. The van der Waals surface area contributed by atoms with Crippen molar-refractivity contribution in [2.45, 2.75) is 70.4 Å². The average Bonchev–Trinajstić information content (AvgIpc) is 2.38. The van der Waals surface area contributed by atoms with E-state index in [4.69, 9.17) is 10.8 Å². The van der Waals surface area contributed by atoms with Crippen LogP contribution in [0.4, 0.5) is 0 Å². The average molecular weight is 256 g/mol. The van der Waals surface area contributed by atoms with Gasteiger partial charge in [0.05, 0.1) is 0 Å². The van der Waals surface area contributed by atoms with E-state index in [0.29, 0.717) is 18.9 Å². The van der Waals surface area contributed by atoms with Crippen molar-refractivity contribution >= 4 is 5.97 Å². The van der Waals surface area contributed by atoms with E-state index in [1.54, 1.807) is 0 Å². The lowest BCUT2D eigenvalue weighted by Gasteiger charge is -2.35. The van der Waals surface area contributed by atoms with Crippen molar-refractivity contribution in [2.75, 3.05) is 13.1 Å². The second kappa shape index (κ2) is 7.10. The third-order valence-electron chi connectivity index (χ3n) is 4.35. The lowest BCUT2D eigenvalue weighted by atomic mass is 9.91. The zero-order valence-corrected chi connectivity index (χ0v) is 11.8. The Bertz CT molecular complexity index is 271. The largest absolute Gasteiger partial charge is 0.480 e. The van der Waals surface area contributed by atoms with E-state index in [2.05, 4.69) is 11.8 Å². The monoisotopic (exact) mass is 256 g/mol. The molecule has 3 N–H and O–H groups in total. The number of hydrogen-bond donors (Lipinski definition) is 2. The smallest absolute Gasteiger partial charge is 0.323 e. The van der Waals surface area contributed by atoms with Crippen molar-refractivity contribution in [3.8, 4) is 0 Å². The number of likely N-dealkylation sites (tertiary alicyclic amines) is 1. The molecule has 0 radical (unpaired) electrons. The molecule has 1 aliphatic rings. The number of carbonyl (C=O) groups is 1. The van der Waals surface area contributed by atoms with Gasteiger partial charge in [-0.1, -0.05) is 20.3 Å². The van der Waals surface area contributed by atoms with Gasteiger partial charge >= 0.3 is 5.97 Å². The summed E-state index contributed by atoms with van der Waals surface area (Å²) in [7, 11) is 0. The van der Waals surface area contributed by atoms with E-state index in [1.165, 1.54) is 25.7 Å². The van der Waals surface area contributed by atoms with Crippen LogP contribution >= 0.6 is 0 Å². The van der Waals surface area contributed by atoms with Crippen molar-refractivity contribution in [3.63, 3.8) is 0 Å². The summed E-state index contributed by atoms with van der Waals surface area (Å²) in [6, 6.07) is 0.692. The Morgan fingerprint density at radius 1 is 1.44 bits per heavy atom.